The van der Waals surface area contributed by atoms with Crippen molar-refractivity contribution in [1.29, 1.82) is 0 Å². The molecule has 0 spiro atoms. The molecule has 2 aliphatic rings. The average Bonchev–Trinajstić information content (AvgIpc) is 3.34. The summed E-state index contributed by atoms with van der Waals surface area (Å²) in [6, 6.07) is 22.7. The van der Waals surface area contributed by atoms with Gasteiger partial charge < -0.3 is 15.4 Å². The maximum absolute atomic E-state index is 12.9. The number of hydrogen-bond donors (Lipinski definition) is 2. The van der Waals surface area contributed by atoms with Gasteiger partial charge in [-0.1, -0.05) is 57.2 Å². The van der Waals surface area contributed by atoms with Gasteiger partial charge in [0.25, 0.3) is 5.91 Å². The van der Waals surface area contributed by atoms with Crippen LogP contribution in [-0.4, -0.2) is 13.0 Å². The molecule has 1 aliphatic heterocycles. The third-order valence-electron chi connectivity index (χ3n) is 7.11. The number of ether oxygens (including phenoxy) is 1. The number of hydrogen-bond acceptors (Lipinski definition) is 3. The summed E-state index contributed by atoms with van der Waals surface area (Å²) in [5.74, 6) is 1.55. The van der Waals surface area contributed by atoms with E-state index in [0.717, 1.165) is 23.5 Å². The van der Waals surface area contributed by atoms with E-state index in [4.69, 9.17) is 4.74 Å². The summed E-state index contributed by atoms with van der Waals surface area (Å²) >= 11 is 0. The van der Waals surface area contributed by atoms with Gasteiger partial charge in [0, 0.05) is 22.9 Å². The van der Waals surface area contributed by atoms with Crippen LogP contribution in [0.25, 0.3) is 0 Å². The number of nitrogens with one attached hydrogen (secondary N) is 2. The molecule has 0 radical (unpaired) electrons. The number of anilines is 2. The summed E-state index contributed by atoms with van der Waals surface area (Å²) < 4.78 is 5.33. The quantitative estimate of drug-likeness (QED) is 0.416. The van der Waals surface area contributed by atoms with Crippen molar-refractivity contribution in [2.75, 3.05) is 17.7 Å². The number of carbonyl (C=O) groups excluding carboxylic acids is 1. The number of amides is 1. The third-order valence-corrected chi connectivity index (χ3v) is 7.11. The van der Waals surface area contributed by atoms with Gasteiger partial charge in [-0.05, 0) is 76.9 Å². The Morgan fingerprint density at radius 3 is 2.41 bits per heavy atom. The second-order valence-electron chi connectivity index (χ2n) is 10.3. The van der Waals surface area contributed by atoms with E-state index in [9.17, 15) is 4.79 Å². The second kappa shape index (κ2) is 8.68. The zero-order valence-electron chi connectivity index (χ0n) is 20.3. The Hall–Kier alpha value is -3.53. The van der Waals surface area contributed by atoms with Crippen molar-refractivity contribution in [3.05, 3.63) is 101 Å². The molecule has 34 heavy (non-hydrogen) atoms. The fourth-order valence-electron chi connectivity index (χ4n) is 5.14. The fraction of sp³-hybridized carbons (Fsp3) is 0.300. The molecule has 1 heterocycles. The Morgan fingerprint density at radius 2 is 1.74 bits per heavy atom. The molecule has 3 aromatic carbocycles. The second-order valence-corrected chi connectivity index (χ2v) is 10.3. The first kappa shape index (κ1) is 22.3. The largest absolute Gasteiger partial charge is 0.497 e. The Bertz CT molecular complexity index is 1220. The van der Waals surface area contributed by atoms with Crippen LogP contribution in [0.5, 0.6) is 5.75 Å². The lowest BCUT2D eigenvalue weighted by Crippen LogP contribution is -2.29. The third kappa shape index (κ3) is 4.21. The van der Waals surface area contributed by atoms with Crippen LogP contribution in [0, 0.1) is 5.92 Å². The highest BCUT2D eigenvalue weighted by atomic mass is 16.5. The molecular weight excluding hydrogens is 420 g/mol. The normalized spacial score (nSPS) is 20.8. The van der Waals surface area contributed by atoms with E-state index in [-0.39, 0.29) is 17.4 Å². The maximum Gasteiger partial charge on any atom is 0.255 e. The summed E-state index contributed by atoms with van der Waals surface area (Å²) in [7, 11) is 1.69. The topological polar surface area (TPSA) is 50.4 Å². The minimum absolute atomic E-state index is 0.0650. The van der Waals surface area contributed by atoms with Crippen LogP contribution in [-0.2, 0) is 5.41 Å². The number of benzene rings is 3. The molecule has 1 aliphatic carbocycles. The number of methoxy groups -OCH3 is 1. The van der Waals surface area contributed by atoms with Gasteiger partial charge >= 0.3 is 0 Å². The summed E-state index contributed by atoms with van der Waals surface area (Å²) in [5.41, 5.74) is 6.41. The fourth-order valence-corrected chi connectivity index (χ4v) is 5.14. The Balaban J connectivity index is 1.37. The highest BCUT2D eigenvalue weighted by Crippen LogP contribution is 2.50. The van der Waals surface area contributed by atoms with Crippen LogP contribution in [0.2, 0.25) is 0 Å². The highest BCUT2D eigenvalue weighted by molar-refractivity contribution is 6.04. The van der Waals surface area contributed by atoms with E-state index in [1.165, 1.54) is 16.7 Å². The number of carbonyl (C=O) groups is 1. The smallest absolute Gasteiger partial charge is 0.255 e. The molecule has 2 N–H and O–H groups in total. The minimum atomic E-state index is -0.0844. The first-order valence-corrected chi connectivity index (χ1v) is 12.0. The molecule has 0 bridgehead atoms. The lowest BCUT2D eigenvalue weighted by molar-refractivity contribution is 0.102. The van der Waals surface area contributed by atoms with Gasteiger partial charge in [-0.3, -0.25) is 4.79 Å². The first-order valence-electron chi connectivity index (χ1n) is 12.0. The first-order chi connectivity index (χ1) is 16.3. The monoisotopic (exact) mass is 452 g/mol. The zero-order chi connectivity index (χ0) is 23.9. The van der Waals surface area contributed by atoms with Crippen LogP contribution >= 0.6 is 0 Å². The molecule has 174 valence electrons. The van der Waals surface area contributed by atoms with Crippen molar-refractivity contribution in [3.8, 4) is 5.75 Å². The maximum atomic E-state index is 12.9. The molecule has 1 amide bonds. The molecule has 0 aromatic heterocycles. The van der Waals surface area contributed by atoms with Gasteiger partial charge in [0.15, 0.2) is 0 Å². The van der Waals surface area contributed by atoms with E-state index in [2.05, 4.69) is 67.8 Å². The molecule has 0 saturated heterocycles. The molecule has 3 atom stereocenters. The zero-order valence-corrected chi connectivity index (χ0v) is 20.3. The van der Waals surface area contributed by atoms with Gasteiger partial charge in [0.2, 0.25) is 0 Å². The van der Waals surface area contributed by atoms with E-state index >= 15 is 0 Å². The van der Waals surface area contributed by atoms with Gasteiger partial charge in [-0.25, -0.2) is 0 Å². The van der Waals surface area contributed by atoms with E-state index in [1.807, 2.05) is 42.5 Å². The predicted octanol–water partition coefficient (Wildman–Crippen LogP) is 7.07. The van der Waals surface area contributed by atoms with Crippen LogP contribution in [0.3, 0.4) is 0 Å². The molecular formula is C30H32N2O2. The molecule has 4 nitrogen and oxygen atoms in total. The van der Waals surface area contributed by atoms with Crippen LogP contribution in [0.1, 0.15) is 66.2 Å². The standard InChI is InChI=1S/C30H32N2O2/c1-30(2,3)21-12-8-20(9-13-21)29(33)31-22-14-17-27-26(18-22)24-6-5-7-25(24)28(32-27)19-10-15-23(34-4)16-11-19/h5-6,8-18,24-25,28,32H,7H2,1-4H3,(H,31,33). The van der Waals surface area contributed by atoms with Gasteiger partial charge in [-0.15, -0.1) is 0 Å². The lowest BCUT2D eigenvalue weighted by Gasteiger charge is -2.37. The van der Waals surface area contributed by atoms with Crippen molar-refractivity contribution in [3.63, 3.8) is 0 Å². The van der Waals surface area contributed by atoms with Gasteiger partial charge in [0.05, 0.1) is 13.2 Å². The summed E-state index contributed by atoms with van der Waals surface area (Å²) in [6.45, 7) is 6.52. The molecule has 5 rings (SSSR count). The van der Waals surface area contributed by atoms with Crippen molar-refractivity contribution in [2.24, 2.45) is 5.92 Å². The molecule has 3 unspecified atom stereocenters. The molecule has 3 aromatic rings. The molecule has 4 heteroatoms. The average molecular weight is 453 g/mol. The van der Waals surface area contributed by atoms with E-state index in [1.54, 1.807) is 7.11 Å². The SMILES string of the molecule is COc1ccc(C2Nc3ccc(NC(=O)c4ccc(C(C)(C)C)cc4)cc3C3C=CCC32)cc1. The summed E-state index contributed by atoms with van der Waals surface area (Å²) in [4.78, 5) is 12.9. The van der Waals surface area contributed by atoms with E-state index in [0.29, 0.717) is 17.4 Å². The summed E-state index contributed by atoms with van der Waals surface area (Å²) in [5, 5.41) is 6.86. The number of rotatable bonds is 4. The van der Waals surface area contributed by atoms with Crippen molar-refractivity contribution in [2.45, 2.75) is 44.6 Å². The van der Waals surface area contributed by atoms with Crippen LogP contribution in [0.15, 0.2) is 78.9 Å². The highest BCUT2D eigenvalue weighted by Gasteiger charge is 2.38. The van der Waals surface area contributed by atoms with Gasteiger partial charge in [0.1, 0.15) is 5.75 Å². The van der Waals surface area contributed by atoms with Crippen LogP contribution < -0.4 is 15.4 Å². The molecule has 0 saturated carbocycles. The minimum Gasteiger partial charge on any atom is -0.497 e. The lowest BCUT2D eigenvalue weighted by atomic mass is 9.77. The number of allylic oxidation sites excluding steroid dienone is 2. The Kier molecular flexibility index (Phi) is 5.68. The van der Waals surface area contributed by atoms with Crippen molar-refractivity contribution in [1.82, 2.24) is 0 Å². The Labute approximate surface area is 202 Å². The van der Waals surface area contributed by atoms with Crippen LogP contribution in [0.4, 0.5) is 11.4 Å². The Morgan fingerprint density at radius 1 is 1.00 bits per heavy atom. The van der Waals surface area contributed by atoms with Crippen molar-refractivity contribution >= 4 is 17.3 Å². The van der Waals surface area contributed by atoms with Gasteiger partial charge in [-0.2, -0.15) is 0 Å². The number of fused-ring (bicyclic) bond motifs is 3. The van der Waals surface area contributed by atoms with E-state index < -0.39 is 0 Å². The molecule has 0 fully saturated rings. The predicted molar refractivity (Wildman–Crippen MR) is 139 cm³/mol. The van der Waals surface area contributed by atoms with Crippen molar-refractivity contribution < 1.29 is 9.53 Å². The summed E-state index contributed by atoms with van der Waals surface area (Å²) in [6.07, 6.45) is 5.63.